The Balaban J connectivity index is 3.24. The minimum atomic E-state index is 0.0550. The Morgan fingerprint density at radius 1 is 1.75 bits per heavy atom. The summed E-state index contributed by atoms with van der Waals surface area (Å²) in [6, 6.07) is 0. The van der Waals surface area contributed by atoms with E-state index in [0.29, 0.717) is 12.3 Å². The second-order valence-electron chi connectivity index (χ2n) is 2.26. The summed E-state index contributed by atoms with van der Waals surface area (Å²) in [4.78, 5) is 10.3. The lowest BCUT2D eigenvalue weighted by atomic mass is 10.0. The number of carbonyl (C=O) groups excluding carboxylic acids is 1. The Hall–Kier alpha value is -0.330. The average molecular weight is 113 g/mol. The second-order valence-corrected chi connectivity index (χ2v) is 2.26. The minimum absolute atomic E-state index is 0.0550. The van der Waals surface area contributed by atoms with Crippen LogP contribution in [0.2, 0.25) is 0 Å². The van der Waals surface area contributed by atoms with Crippen LogP contribution in [0.1, 0.15) is 26.7 Å². The fourth-order valence-electron chi connectivity index (χ4n) is 0.533. The molecule has 0 aliphatic heterocycles. The molecule has 0 fully saturated rings. The van der Waals surface area contributed by atoms with Crippen LogP contribution in [-0.2, 0) is 4.79 Å². The van der Waals surface area contributed by atoms with Gasteiger partial charge in [-0.15, -0.1) is 0 Å². The SMILES string of the molecule is [CH2]C(=O)CC(C)CC. The first-order valence-corrected chi connectivity index (χ1v) is 3.01. The van der Waals surface area contributed by atoms with Crippen molar-refractivity contribution in [3.05, 3.63) is 6.92 Å². The molecule has 1 nitrogen and oxygen atoms in total. The van der Waals surface area contributed by atoms with E-state index >= 15 is 0 Å². The van der Waals surface area contributed by atoms with Gasteiger partial charge in [-0.05, 0) is 5.92 Å². The van der Waals surface area contributed by atoms with E-state index in [1.54, 1.807) is 0 Å². The lowest BCUT2D eigenvalue weighted by molar-refractivity contribution is -0.115. The first-order chi connectivity index (χ1) is 3.66. The lowest BCUT2D eigenvalue weighted by Gasteiger charge is -2.01. The molecule has 0 aromatic rings. The molecule has 1 radical (unpaired) electrons. The molecule has 0 aromatic heterocycles. The van der Waals surface area contributed by atoms with Crippen molar-refractivity contribution in [2.45, 2.75) is 26.7 Å². The summed E-state index contributed by atoms with van der Waals surface area (Å²) >= 11 is 0. The monoisotopic (exact) mass is 113 g/mol. The smallest absolute Gasteiger partial charge is 0.133 e. The summed E-state index contributed by atoms with van der Waals surface area (Å²) in [6.45, 7) is 7.42. The number of rotatable bonds is 3. The summed E-state index contributed by atoms with van der Waals surface area (Å²) in [7, 11) is 0. The van der Waals surface area contributed by atoms with Gasteiger partial charge in [-0.1, -0.05) is 20.3 Å². The maximum atomic E-state index is 10.3. The van der Waals surface area contributed by atoms with E-state index in [1.807, 2.05) is 0 Å². The van der Waals surface area contributed by atoms with Crippen molar-refractivity contribution in [3.63, 3.8) is 0 Å². The van der Waals surface area contributed by atoms with Gasteiger partial charge >= 0.3 is 0 Å². The first kappa shape index (κ1) is 7.67. The summed E-state index contributed by atoms with van der Waals surface area (Å²) in [5, 5.41) is 0. The number of Topliss-reactive ketones (excluding diaryl/α,β-unsaturated/α-hetero) is 1. The van der Waals surface area contributed by atoms with Crippen molar-refractivity contribution in [1.29, 1.82) is 0 Å². The fourth-order valence-corrected chi connectivity index (χ4v) is 0.533. The predicted molar refractivity (Wildman–Crippen MR) is 34.4 cm³/mol. The van der Waals surface area contributed by atoms with Crippen LogP contribution in [0.3, 0.4) is 0 Å². The van der Waals surface area contributed by atoms with Gasteiger partial charge in [-0.25, -0.2) is 0 Å². The summed E-state index contributed by atoms with van der Waals surface area (Å²) in [5.41, 5.74) is 0. The molecular weight excluding hydrogens is 100 g/mol. The Bertz CT molecular complexity index is 76.5. The Morgan fingerprint density at radius 2 is 2.25 bits per heavy atom. The van der Waals surface area contributed by atoms with E-state index in [4.69, 9.17) is 0 Å². The third-order valence-corrected chi connectivity index (χ3v) is 1.27. The normalized spacial score (nSPS) is 13.4. The van der Waals surface area contributed by atoms with Crippen molar-refractivity contribution in [2.75, 3.05) is 0 Å². The zero-order valence-electron chi connectivity index (χ0n) is 5.61. The van der Waals surface area contributed by atoms with Crippen molar-refractivity contribution in [2.24, 2.45) is 5.92 Å². The Labute approximate surface area is 51.1 Å². The zero-order chi connectivity index (χ0) is 6.57. The van der Waals surface area contributed by atoms with Crippen molar-refractivity contribution < 1.29 is 4.79 Å². The van der Waals surface area contributed by atoms with E-state index in [1.165, 1.54) is 0 Å². The summed E-state index contributed by atoms with van der Waals surface area (Å²) < 4.78 is 0. The molecule has 8 heavy (non-hydrogen) atoms. The molecule has 0 bridgehead atoms. The maximum Gasteiger partial charge on any atom is 0.133 e. The first-order valence-electron chi connectivity index (χ1n) is 3.01. The zero-order valence-corrected chi connectivity index (χ0v) is 5.61. The van der Waals surface area contributed by atoms with Crippen LogP contribution in [0.15, 0.2) is 0 Å². The highest BCUT2D eigenvalue weighted by molar-refractivity contribution is 5.82. The van der Waals surface area contributed by atoms with Crippen LogP contribution in [0.25, 0.3) is 0 Å². The van der Waals surface area contributed by atoms with E-state index in [0.717, 1.165) is 6.42 Å². The molecule has 0 aromatic carbocycles. The van der Waals surface area contributed by atoms with Crippen molar-refractivity contribution >= 4 is 5.78 Å². The number of hydrogen-bond acceptors (Lipinski definition) is 1. The molecular formula is C7H13O. The van der Waals surface area contributed by atoms with Crippen LogP contribution in [0, 0.1) is 12.8 Å². The van der Waals surface area contributed by atoms with E-state index in [-0.39, 0.29) is 5.78 Å². The third kappa shape index (κ3) is 3.85. The van der Waals surface area contributed by atoms with Gasteiger partial charge in [0.05, 0.1) is 0 Å². The average Bonchev–Trinajstić information content (AvgIpc) is 1.65. The number of ketones is 1. The Morgan fingerprint density at radius 3 is 2.38 bits per heavy atom. The van der Waals surface area contributed by atoms with Gasteiger partial charge in [0, 0.05) is 13.3 Å². The molecule has 0 aliphatic rings. The van der Waals surface area contributed by atoms with Gasteiger partial charge in [-0.2, -0.15) is 0 Å². The fraction of sp³-hybridized carbons (Fsp3) is 0.714. The molecule has 47 valence electrons. The van der Waals surface area contributed by atoms with Crippen LogP contribution >= 0.6 is 0 Å². The quantitative estimate of drug-likeness (QED) is 0.545. The second kappa shape index (κ2) is 3.65. The molecule has 1 heteroatoms. The highest BCUT2D eigenvalue weighted by atomic mass is 16.1. The van der Waals surface area contributed by atoms with Gasteiger partial charge in [-0.3, -0.25) is 4.79 Å². The molecule has 0 saturated heterocycles. The van der Waals surface area contributed by atoms with Crippen molar-refractivity contribution in [1.82, 2.24) is 0 Å². The lowest BCUT2D eigenvalue weighted by Crippen LogP contribution is -1.99. The third-order valence-electron chi connectivity index (χ3n) is 1.27. The van der Waals surface area contributed by atoms with E-state index in [9.17, 15) is 4.79 Å². The molecule has 0 aliphatic carbocycles. The van der Waals surface area contributed by atoms with Gasteiger partial charge in [0.1, 0.15) is 5.78 Å². The molecule has 0 heterocycles. The Kier molecular flexibility index (Phi) is 3.49. The van der Waals surface area contributed by atoms with Gasteiger partial charge < -0.3 is 0 Å². The topological polar surface area (TPSA) is 17.1 Å². The molecule has 0 amide bonds. The molecule has 0 saturated carbocycles. The van der Waals surface area contributed by atoms with Crippen LogP contribution in [0.4, 0.5) is 0 Å². The number of hydrogen-bond donors (Lipinski definition) is 0. The molecule has 0 spiro atoms. The van der Waals surface area contributed by atoms with Crippen LogP contribution in [0.5, 0.6) is 0 Å². The summed E-state index contributed by atoms with van der Waals surface area (Å²) in [6.07, 6.45) is 1.71. The van der Waals surface area contributed by atoms with Crippen LogP contribution in [-0.4, -0.2) is 5.78 Å². The van der Waals surface area contributed by atoms with E-state index in [2.05, 4.69) is 20.8 Å². The highest BCUT2D eigenvalue weighted by Crippen LogP contribution is 2.05. The largest absolute Gasteiger partial charge is 0.300 e. The molecule has 0 N–H and O–H groups in total. The van der Waals surface area contributed by atoms with Gasteiger partial charge in [0.25, 0.3) is 0 Å². The molecule has 0 rings (SSSR count). The summed E-state index contributed by atoms with van der Waals surface area (Å²) in [5.74, 6) is 0.569. The van der Waals surface area contributed by atoms with Gasteiger partial charge in [0.15, 0.2) is 0 Å². The molecule has 1 unspecified atom stereocenters. The standard InChI is InChI=1S/C7H13O/c1-4-6(2)5-7(3)8/h6H,3-5H2,1-2H3. The highest BCUT2D eigenvalue weighted by Gasteiger charge is 2.00. The van der Waals surface area contributed by atoms with Crippen molar-refractivity contribution in [3.8, 4) is 0 Å². The van der Waals surface area contributed by atoms with E-state index < -0.39 is 0 Å². The number of carbonyl (C=O) groups is 1. The minimum Gasteiger partial charge on any atom is -0.300 e. The maximum absolute atomic E-state index is 10.3. The predicted octanol–water partition coefficient (Wildman–Crippen LogP) is 1.83. The molecule has 1 atom stereocenters. The van der Waals surface area contributed by atoms with Crippen LogP contribution < -0.4 is 0 Å². The van der Waals surface area contributed by atoms with Gasteiger partial charge in [0.2, 0.25) is 0 Å².